The first kappa shape index (κ1) is 19.3. The molecule has 1 aliphatic rings. The predicted octanol–water partition coefficient (Wildman–Crippen LogP) is 2.17. The Morgan fingerprint density at radius 2 is 1.89 bits per heavy atom. The topological polar surface area (TPSA) is 57.7 Å². The van der Waals surface area contributed by atoms with Gasteiger partial charge in [0, 0.05) is 59.2 Å². The van der Waals surface area contributed by atoms with Crippen molar-refractivity contribution < 1.29 is 9.53 Å². The SMILES string of the molecule is COCCCNC(=O)c1ccc(N2CCN(Cc3ccccc3)CC2)nc1. The number of ether oxygens (including phenoxy) is 1. The zero-order valence-electron chi connectivity index (χ0n) is 15.9. The molecule has 1 N–H and O–H groups in total. The maximum absolute atomic E-state index is 12.1. The van der Waals surface area contributed by atoms with Crippen LogP contribution in [0.25, 0.3) is 0 Å². The van der Waals surface area contributed by atoms with Gasteiger partial charge in [-0.05, 0) is 24.1 Å². The Kier molecular flexibility index (Phi) is 7.19. The summed E-state index contributed by atoms with van der Waals surface area (Å²) < 4.78 is 4.98. The van der Waals surface area contributed by atoms with Gasteiger partial charge in [0.25, 0.3) is 5.91 Å². The van der Waals surface area contributed by atoms with E-state index in [0.717, 1.165) is 45.0 Å². The van der Waals surface area contributed by atoms with E-state index in [2.05, 4.69) is 50.4 Å². The molecule has 6 nitrogen and oxygen atoms in total. The van der Waals surface area contributed by atoms with Crippen LogP contribution in [-0.4, -0.2) is 62.2 Å². The highest BCUT2D eigenvalue weighted by Gasteiger charge is 2.18. The lowest BCUT2D eigenvalue weighted by Gasteiger charge is -2.35. The second-order valence-corrected chi connectivity index (χ2v) is 6.76. The Bertz CT molecular complexity index is 698. The van der Waals surface area contributed by atoms with E-state index in [1.165, 1.54) is 5.56 Å². The largest absolute Gasteiger partial charge is 0.385 e. The summed E-state index contributed by atoms with van der Waals surface area (Å²) in [7, 11) is 1.66. The number of aromatic nitrogens is 1. The molecule has 0 radical (unpaired) electrons. The minimum Gasteiger partial charge on any atom is -0.385 e. The van der Waals surface area contributed by atoms with Crippen molar-refractivity contribution in [3.05, 3.63) is 59.8 Å². The highest BCUT2D eigenvalue weighted by molar-refractivity contribution is 5.94. The Balaban J connectivity index is 1.46. The molecule has 0 aliphatic carbocycles. The highest BCUT2D eigenvalue weighted by atomic mass is 16.5. The van der Waals surface area contributed by atoms with E-state index < -0.39 is 0 Å². The number of methoxy groups -OCH3 is 1. The molecule has 1 fully saturated rings. The molecule has 2 heterocycles. The van der Waals surface area contributed by atoms with Crippen molar-refractivity contribution >= 4 is 11.7 Å². The molecule has 0 spiro atoms. The number of rotatable bonds is 8. The molecule has 0 atom stereocenters. The summed E-state index contributed by atoms with van der Waals surface area (Å²) in [4.78, 5) is 21.3. The molecule has 1 amide bonds. The van der Waals surface area contributed by atoms with E-state index in [1.54, 1.807) is 13.3 Å². The lowest BCUT2D eigenvalue weighted by Crippen LogP contribution is -2.46. The van der Waals surface area contributed by atoms with Gasteiger partial charge in [-0.1, -0.05) is 30.3 Å². The zero-order valence-corrected chi connectivity index (χ0v) is 15.9. The third kappa shape index (κ3) is 5.77. The van der Waals surface area contributed by atoms with Crippen LogP contribution in [0.15, 0.2) is 48.7 Å². The number of benzene rings is 1. The molecule has 1 aromatic carbocycles. The molecule has 1 aromatic heterocycles. The van der Waals surface area contributed by atoms with Gasteiger partial charge < -0.3 is 15.0 Å². The quantitative estimate of drug-likeness (QED) is 0.724. The summed E-state index contributed by atoms with van der Waals surface area (Å²) in [5.74, 6) is 0.850. The summed E-state index contributed by atoms with van der Waals surface area (Å²) in [6.07, 6.45) is 2.47. The summed E-state index contributed by atoms with van der Waals surface area (Å²) in [5, 5.41) is 2.88. The Morgan fingerprint density at radius 1 is 1.11 bits per heavy atom. The van der Waals surface area contributed by atoms with Crippen LogP contribution in [0.4, 0.5) is 5.82 Å². The maximum atomic E-state index is 12.1. The molecule has 0 saturated carbocycles. The summed E-state index contributed by atoms with van der Waals surface area (Å²) in [5.41, 5.74) is 1.95. The molecule has 27 heavy (non-hydrogen) atoms. The van der Waals surface area contributed by atoms with Gasteiger partial charge in [-0.25, -0.2) is 4.98 Å². The van der Waals surface area contributed by atoms with Crippen molar-refractivity contribution in [1.29, 1.82) is 0 Å². The summed E-state index contributed by atoms with van der Waals surface area (Å²) >= 11 is 0. The van der Waals surface area contributed by atoms with E-state index in [1.807, 2.05) is 12.1 Å². The third-order valence-corrected chi connectivity index (χ3v) is 4.77. The number of anilines is 1. The number of hydrogen-bond acceptors (Lipinski definition) is 5. The fraction of sp³-hybridized carbons (Fsp3) is 0.429. The van der Waals surface area contributed by atoms with E-state index in [9.17, 15) is 4.79 Å². The molecule has 144 valence electrons. The van der Waals surface area contributed by atoms with E-state index >= 15 is 0 Å². The van der Waals surface area contributed by atoms with Crippen molar-refractivity contribution in [3.63, 3.8) is 0 Å². The molecule has 2 aromatic rings. The van der Waals surface area contributed by atoms with E-state index in [-0.39, 0.29) is 5.91 Å². The van der Waals surface area contributed by atoms with Crippen LogP contribution >= 0.6 is 0 Å². The van der Waals surface area contributed by atoms with Crippen molar-refractivity contribution in [2.24, 2.45) is 0 Å². The van der Waals surface area contributed by atoms with Gasteiger partial charge in [0.05, 0.1) is 5.56 Å². The number of carbonyl (C=O) groups excluding carboxylic acids is 1. The minimum atomic E-state index is -0.0853. The first-order valence-electron chi connectivity index (χ1n) is 9.50. The predicted molar refractivity (Wildman–Crippen MR) is 107 cm³/mol. The van der Waals surface area contributed by atoms with Crippen LogP contribution < -0.4 is 10.2 Å². The number of amides is 1. The molecule has 3 rings (SSSR count). The number of nitrogens with one attached hydrogen (secondary N) is 1. The van der Waals surface area contributed by atoms with Gasteiger partial charge in [0.1, 0.15) is 5.82 Å². The Morgan fingerprint density at radius 3 is 2.56 bits per heavy atom. The second-order valence-electron chi connectivity index (χ2n) is 6.76. The number of nitrogens with zero attached hydrogens (tertiary/aromatic N) is 3. The summed E-state index contributed by atoms with van der Waals surface area (Å²) in [6, 6.07) is 14.4. The van der Waals surface area contributed by atoms with Crippen molar-refractivity contribution in [1.82, 2.24) is 15.2 Å². The van der Waals surface area contributed by atoms with Crippen LogP contribution in [0.2, 0.25) is 0 Å². The van der Waals surface area contributed by atoms with Gasteiger partial charge >= 0.3 is 0 Å². The average molecular weight is 368 g/mol. The zero-order chi connectivity index (χ0) is 18.9. The van der Waals surface area contributed by atoms with Crippen LogP contribution in [-0.2, 0) is 11.3 Å². The van der Waals surface area contributed by atoms with E-state index in [4.69, 9.17) is 4.74 Å². The minimum absolute atomic E-state index is 0.0853. The van der Waals surface area contributed by atoms with Gasteiger partial charge in [0.2, 0.25) is 0 Å². The van der Waals surface area contributed by atoms with Crippen LogP contribution in [0, 0.1) is 0 Å². The number of hydrogen-bond donors (Lipinski definition) is 1. The molecular formula is C21H28N4O2. The van der Waals surface area contributed by atoms with Gasteiger partial charge in [-0.2, -0.15) is 0 Å². The Hall–Kier alpha value is -2.44. The molecule has 0 bridgehead atoms. The van der Waals surface area contributed by atoms with E-state index in [0.29, 0.717) is 18.7 Å². The summed E-state index contributed by atoms with van der Waals surface area (Å²) in [6.45, 7) is 6.16. The first-order valence-corrected chi connectivity index (χ1v) is 9.50. The molecule has 1 aliphatic heterocycles. The maximum Gasteiger partial charge on any atom is 0.252 e. The smallest absolute Gasteiger partial charge is 0.252 e. The molecule has 6 heteroatoms. The van der Waals surface area contributed by atoms with Crippen molar-refractivity contribution in [3.8, 4) is 0 Å². The standard InChI is InChI=1S/C21H28N4O2/c1-27-15-5-10-22-21(26)19-8-9-20(23-16-19)25-13-11-24(12-14-25)17-18-6-3-2-4-7-18/h2-4,6-9,16H,5,10-15,17H2,1H3,(H,22,26). The number of piperazine rings is 1. The highest BCUT2D eigenvalue weighted by Crippen LogP contribution is 2.15. The fourth-order valence-corrected chi connectivity index (χ4v) is 3.20. The second kappa shape index (κ2) is 10.0. The first-order chi connectivity index (χ1) is 13.3. The van der Waals surface area contributed by atoms with Gasteiger partial charge in [0.15, 0.2) is 0 Å². The van der Waals surface area contributed by atoms with Crippen LogP contribution in [0.5, 0.6) is 0 Å². The molecule has 1 saturated heterocycles. The average Bonchev–Trinajstić information content (AvgIpc) is 2.72. The monoisotopic (exact) mass is 368 g/mol. The lowest BCUT2D eigenvalue weighted by atomic mass is 10.2. The van der Waals surface area contributed by atoms with Crippen molar-refractivity contribution in [2.75, 3.05) is 51.3 Å². The van der Waals surface area contributed by atoms with Gasteiger partial charge in [-0.15, -0.1) is 0 Å². The normalized spacial score (nSPS) is 14.9. The third-order valence-electron chi connectivity index (χ3n) is 4.77. The lowest BCUT2D eigenvalue weighted by molar-refractivity contribution is 0.0948. The van der Waals surface area contributed by atoms with Crippen molar-refractivity contribution in [2.45, 2.75) is 13.0 Å². The van der Waals surface area contributed by atoms with Crippen LogP contribution in [0.3, 0.4) is 0 Å². The fourth-order valence-electron chi connectivity index (χ4n) is 3.20. The number of carbonyl (C=O) groups is 1. The van der Waals surface area contributed by atoms with Gasteiger partial charge in [-0.3, -0.25) is 9.69 Å². The number of pyridine rings is 1. The molecule has 0 unspecified atom stereocenters. The molecular weight excluding hydrogens is 340 g/mol. The Labute approximate surface area is 161 Å². The van der Waals surface area contributed by atoms with Crippen LogP contribution in [0.1, 0.15) is 22.3 Å².